The average Bonchev–Trinajstić information content (AvgIpc) is 2.62. The van der Waals surface area contributed by atoms with E-state index in [4.69, 9.17) is 4.74 Å². The predicted molar refractivity (Wildman–Crippen MR) is 102 cm³/mol. The molecule has 0 atom stereocenters. The molecule has 0 radical (unpaired) electrons. The summed E-state index contributed by atoms with van der Waals surface area (Å²) in [5, 5.41) is 2.65. The van der Waals surface area contributed by atoms with Crippen molar-refractivity contribution in [3.8, 4) is 0 Å². The van der Waals surface area contributed by atoms with Crippen LogP contribution < -0.4 is 5.32 Å². The molecule has 0 fully saturated rings. The first-order chi connectivity index (χ1) is 12.8. The summed E-state index contributed by atoms with van der Waals surface area (Å²) in [7, 11) is 0. The van der Waals surface area contributed by atoms with Crippen LogP contribution in [0.1, 0.15) is 44.5 Å². The lowest BCUT2D eigenvalue weighted by atomic mass is 10.1. The minimum atomic E-state index is -0.446. The fourth-order valence-electron chi connectivity index (χ4n) is 2.34. The second-order valence-electron chi connectivity index (χ2n) is 5.89. The second kappa shape index (κ2) is 10.9. The molecule has 0 saturated heterocycles. The quantitative estimate of drug-likeness (QED) is 0.407. The van der Waals surface area contributed by atoms with Gasteiger partial charge in [-0.1, -0.05) is 0 Å². The Labute approximate surface area is 159 Å². The van der Waals surface area contributed by atoms with Gasteiger partial charge in [0.15, 0.2) is 5.78 Å². The van der Waals surface area contributed by atoms with E-state index in [1.165, 1.54) is 17.9 Å². The number of nitrogens with one attached hydrogen (secondary N) is 1. The maximum atomic E-state index is 12.4. The average molecular weight is 374 g/mol. The van der Waals surface area contributed by atoms with Gasteiger partial charge < -0.3 is 15.0 Å². The van der Waals surface area contributed by atoms with Gasteiger partial charge in [-0.05, 0) is 52.0 Å². The summed E-state index contributed by atoms with van der Waals surface area (Å²) in [5.41, 5.74) is 1.34. The summed E-state index contributed by atoms with van der Waals surface area (Å²) in [5.74, 6) is -1.18. The van der Waals surface area contributed by atoms with E-state index in [9.17, 15) is 19.2 Å². The summed E-state index contributed by atoms with van der Waals surface area (Å²) < 4.78 is 4.85. The number of nitrogens with zero attached hydrogens (tertiary/aromatic N) is 1. The number of hydrogen-bond acceptors (Lipinski definition) is 5. The van der Waals surface area contributed by atoms with Gasteiger partial charge in [-0.3, -0.25) is 19.2 Å². The SMILES string of the molecule is CCOC(=O)CCN(CC)C(=O)/C(C)=C\C(=O)Nc1ccc(C(C)=O)cc1. The van der Waals surface area contributed by atoms with Crippen LogP contribution in [0.2, 0.25) is 0 Å². The Kier molecular flexibility index (Phi) is 8.92. The van der Waals surface area contributed by atoms with E-state index in [-0.39, 0.29) is 36.2 Å². The second-order valence-corrected chi connectivity index (χ2v) is 5.89. The van der Waals surface area contributed by atoms with Crippen molar-refractivity contribution >= 4 is 29.3 Å². The van der Waals surface area contributed by atoms with Gasteiger partial charge in [0.1, 0.15) is 0 Å². The third kappa shape index (κ3) is 7.43. The van der Waals surface area contributed by atoms with Crippen molar-refractivity contribution in [2.75, 3.05) is 25.0 Å². The van der Waals surface area contributed by atoms with Crippen LogP contribution in [0, 0.1) is 0 Å². The fraction of sp³-hybridized carbons (Fsp3) is 0.400. The standard InChI is InChI=1S/C20H26N2O5/c1-5-22(12-11-19(25)27-6-2)20(26)14(3)13-18(24)21-17-9-7-16(8-10-17)15(4)23/h7-10,13H,5-6,11-12H2,1-4H3,(H,21,24)/b14-13-. The fourth-order valence-corrected chi connectivity index (χ4v) is 2.34. The van der Waals surface area contributed by atoms with Gasteiger partial charge in [-0.15, -0.1) is 0 Å². The van der Waals surface area contributed by atoms with Crippen molar-refractivity contribution < 1.29 is 23.9 Å². The minimum Gasteiger partial charge on any atom is -0.466 e. The number of Topliss-reactive ketones (excluding diaryl/α,β-unsaturated/α-hetero) is 1. The molecular formula is C20H26N2O5. The van der Waals surface area contributed by atoms with E-state index in [0.717, 1.165) is 0 Å². The van der Waals surface area contributed by atoms with E-state index in [1.807, 2.05) is 0 Å². The molecule has 7 heteroatoms. The van der Waals surface area contributed by atoms with Crippen LogP contribution in [0.25, 0.3) is 0 Å². The van der Waals surface area contributed by atoms with Gasteiger partial charge in [0.05, 0.1) is 13.0 Å². The Bertz CT molecular complexity index is 722. The molecule has 1 rings (SSSR count). The van der Waals surface area contributed by atoms with Gasteiger partial charge in [-0.2, -0.15) is 0 Å². The van der Waals surface area contributed by atoms with Crippen molar-refractivity contribution in [3.63, 3.8) is 0 Å². The molecular weight excluding hydrogens is 348 g/mol. The molecule has 0 spiro atoms. The monoisotopic (exact) mass is 374 g/mol. The molecule has 7 nitrogen and oxygen atoms in total. The predicted octanol–water partition coefficient (Wildman–Crippen LogP) is 2.58. The van der Waals surface area contributed by atoms with Crippen molar-refractivity contribution in [1.82, 2.24) is 4.90 Å². The largest absolute Gasteiger partial charge is 0.466 e. The van der Waals surface area contributed by atoms with Crippen LogP contribution in [0.5, 0.6) is 0 Å². The zero-order valence-electron chi connectivity index (χ0n) is 16.2. The molecule has 0 heterocycles. The van der Waals surface area contributed by atoms with Crippen molar-refractivity contribution in [2.24, 2.45) is 0 Å². The molecule has 0 unspecified atom stereocenters. The molecule has 1 aromatic rings. The normalized spacial score (nSPS) is 10.9. The lowest BCUT2D eigenvalue weighted by Crippen LogP contribution is -2.34. The number of ketones is 1. The van der Waals surface area contributed by atoms with E-state index in [0.29, 0.717) is 24.4 Å². The van der Waals surface area contributed by atoms with Gasteiger partial charge in [0, 0.05) is 36.0 Å². The molecule has 0 aromatic heterocycles. The Morgan fingerprint density at radius 2 is 1.70 bits per heavy atom. The molecule has 0 bridgehead atoms. The maximum Gasteiger partial charge on any atom is 0.307 e. The zero-order chi connectivity index (χ0) is 20.4. The molecule has 2 amide bonds. The van der Waals surface area contributed by atoms with Gasteiger partial charge >= 0.3 is 5.97 Å². The molecule has 0 aliphatic heterocycles. The topological polar surface area (TPSA) is 92.8 Å². The number of carbonyl (C=O) groups is 4. The number of esters is 1. The number of ether oxygens (including phenoxy) is 1. The van der Waals surface area contributed by atoms with Gasteiger partial charge in [-0.25, -0.2) is 0 Å². The van der Waals surface area contributed by atoms with Crippen LogP contribution in [0.3, 0.4) is 0 Å². The number of anilines is 1. The first-order valence-corrected chi connectivity index (χ1v) is 8.83. The number of rotatable bonds is 9. The van der Waals surface area contributed by atoms with Crippen LogP contribution in [-0.2, 0) is 19.1 Å². The first kappa shape index (κ1) is 22.1. The van der Waals surface area contributed by atoms with Crippen molar-refractivity contribution in [1.29, 1.82) is 0 Å². The highest BCUT2D eigenvalue weighted by Crippen LogP contribution is 2.11. The number of hydrogen-bond donors (Lipinski definition) is 1. The number of amides is 2. The van der Waals surface area contributed by atoms with E-state index >= 15 is 0 Å². The summed E-state index contributed by atoms with van der Waals surface area (Å²) >= 11 is 0. The van der Waals surface area contributed by atoms with Crippen LogP contribution in [0.15, 0.2) is 35.9 Å². The Hall–Kier alpha value is -2.96. The lowest BCUT2D eigenvalue weighted by molar-refractivity contribution is -0.143. The molecule has 1 aromatic carbocycles. The van der Waals surface area contributed by atoms with E-state index < -0.39 is 5.91 Å². The number of likely N-dealkylation sites (N-methyl/N-ethyl adjacent to an activating group) is 1. The van der Waals surface area contributed by atoms with Crippen LogP contribution in [0.4, 0.5) is 5.69 Å². The highest BCUT2D eigenvalue weighted by Gasteiger charge is 2.16. The van der Waals surface area contributed by atoms with Crippen molar-refractivity contribution in [2.45, 2.75) is 34.1 Å². The summed E-state index contributed by atoms with van der Waals surface area (Å²) in [6, 6.07) is 6.48. The number of carbonyl (C=O) groups excluding carboxylic acids is 4. The first-order valence-electron chi connectivity index (χ1n) is 8.83. The molecule has 1 N–H and O–H groups in total. The maximum absolute atomic E-state index is 12.4. The Morgan fingerprint density at radius 3 is 2.22 bits per heavy atom. The molecule has 27 heavy (non-hydrogen) atoms. The summed E-state index contributed by atoms with van der Waals surface area (Å²) in [6.45, 7) is 7.48. The highest BCUT2D eigenvalue weighted by molar-refractivity contribution is 6.06. The number of benzene rings is 1. The van der Waals surface area contributed by atoms with Crippen LogP contribution in [-0.4, -0.2) is 48.2 Å². The Morgan fingerprint density at radius 1 is 1.07 bits per heavy atom. The van der Waals surface area contributed by atoms with Gasteiger partial charge in [0.25, 0.3) is 0 Å². The minimum absolute atomic E-state index is 0.0586. The molecule has 146 valence electrons. The Balaban J connectivity index is 2.68. The van der Waals surface area contributed by atoms with Gasteiger partial charge in [0.2, 0.25) is 11.8 Å². The lowest BCUT2D eigenvalue weighted by Gasteiger charge is -2.20. The third-order valence-corrected chi connectivity index (χ3v) is 3.80. The smallest absolute Gasteiger partial charge is 0.307 e. The van der Waals surface area contributed by atoms with E-state index in [1.54, 1.807) is 45.0 Å². The molecule has 0 aliphatic rings. The van der Waals surface area contributed by atoms with Crippen LogP contribution >= 0.6 is 0 Å². The van der Waals surface area contributed by atoms with Crippen molar-refractivity contribution in [3.05, 3.63) is 41.5 Å². The summed E-state index contributed by atoms with van der Waals surface area (Å²) in [6.07, 6.45) is 1.32. The highest BCUT2D eigenvalue weighted by atomic mass is 16.5. The third-order valence-electron chi connectivity index (χ3n) is 3.80. The molecule has 0 saturated carbocycles. The molecule has 0 aliphatic carbocycles. The van der Waals surface area contributed by atoms with E-state index in [2.05, 4.69) is 5.32 Å². The summed E-state index contributed by atoms with van der Waals surface area (Å²) in [4.78, 5) is 48.7. The zero-order valence-corrected chi connectivity index (χ0v) is 16.2.